The van der Waals surface area contributed by atoms with Gasteiger partial charge in [0.2, 0.25) is 0 Å². The lowest BCUT2D eigenvalue weighted by molar-refractivity contribution is -0.143. The Morgan fingerprint density at radius 1 is 1.71 bits per heavy atom. The molecular formula is C10H11NO3. The molecule has 1 aromatic rings. The van der Waals surface area contributed by atoms with Gasteiger partial charge in [-0.3, -0.25) is 4.79 Å². The van der Waals surface area contributed by atoms with Gasteiger partial charge in [-0.05, 0) is 19.1 Å². The van der Waals surface area contributed by atoms with Gasteiger partial charge in [-0.2, -0.15) is 5.26 Å². The monoisotopic (exact) mass is 193 g/mol. The topological polar surface area (TPSA) is 63.2 Å². The van der Waals surface area contributed by atoms with Crippen molar-refractivity contribution >= 4 is 5.97 Å². The van der Waals surface area contributed by atoms with Crippen LogP contribution in [-0.4, -0.2) is 13.1 Å². The number of methoxy groups -OCH3 is 1. The van der Waals surface area contributed by atoms with Gasteiger partial charge in [-0.15, -0.1) is 0 Å². The Hall–Kier alpha value is -1.76. The standard InChI is InChI=1S/C10H11NO3/c1-7-3-4-9(14-7)5-8(6-11)10(12)13-2/h3-4,8H,5H2,1-2H3. The first-order valence-electron chi connectivity index (χ1n) is 4.20. The Kier molecular flexibility index (Phi) is 3.29. The number of ether oxygens (including phenoxy) is 1. The molecule has 74 valence electrons. The third-order valence-electron chi connectivity index (χ3n) is 1.84. The average Bonchev–Trinajstić information content (AvgIpc) is 2.59. The summed E-state index contributed by atoms with van der Waals surface area (Å²) in [5.41, 5.74) is 0. The van der Waals surface area contributed by atoms with E-state index in [1.54, 1.807) is 12.1 Å². The smallest absolute Gasteiger partial charge is 0.323 e. The van der Waals surface area contributed by atoms with E-state index in [2.05, 4.69) is 4.74 Å². The van der Waals surface area contributed by atoms with E-state index in [0.717, 1.165) is 5.76 Å². The fraction of sp³-hybridized carbons (Fsp3) is 0.400. The van der Waals surface area contributed by atoms with Crippen LogP contribution in [0.1, 0.15) is 11.5 Å². The van der Waals surface area contributed by atoms with Gasteiger partial charge in [0, 0.05) is 6.42 Å². The van der Waals surface area contributed by atoms with Crippen molar-refractivity contribution < 1.29 is 13.9 Å². The molecule has 0 N–H and O–H groups in total. The lowest BCUT2D eigenvalue weighted by Crippen LogP contribution is -2.16. The fourth-order valence-corrected chi connectivity index (χ4v) is 1.12. The molecule has 0 bridgehead atoms. The first-order chi connectivity index (χ1) is 6.67. The van der Waals surface area contributed by atoms with Crippen molar-refractivity contribution in [2.24, 2.45) is 5.92 Å². The van der Waals surface area contributed by atoms with Crippen molar-refractivity contribution in [3.05, 3.63) is 23.7 Å². The summed E-state index contributed by atoms with van der Waals surface area (Å²) in [7, 11) is 1.26. The first-order valence-corrected chi connectivity index (χ1v) is 4.20. The number of hydrogen-bond donors (Lipinski definition) is 0. The molecule has 0 aliphatic heterocycles. The van der Waals surface area contributed by atoms with E-state index in [-0.39, 0.29) is 6.42 Å². The predicted molar refractivity (Wildman–Crippen MR) is 48.3 cm³/mol. The van der Waals surface area contributed by atoms with Gasteiger partial charge in [-0.1, -0.05) is 0 Å². The van der Waals surface area contributed by atoms with Crippen molar-refractivity contribution in [3.8, 4) is 6.07 Å². The molecule has 4 nitrogen and oxygen atoms in total. The molecule has 1 aromatic heterocycles. The van der Waals surface area contributed by atoms with E-state index >= 15 is 0 Å². The van der Waals surface area contributed by atoms with Crippen molar-refractivity contribution in [3.63, 3.8) is 0 Å². The highest BCUT2D eigenvalue weighted by Crippen LogP contribution is 2.12. The van der Waals surface area contributed by atoms with Crippen LogP contribution in [0.15, 0.2) is 16.5 Å². The number of carbonyl (C=O) groups is 1. The van der Waals surface area contributed by atoms with Crippen LogP contribution < -0.4 is 0 Å². The van der Waals surface area contributed by atoms with Gasteiger partial charge in [0.05, 0.1) is 13.2 Å². The highest BCUT2D eigenvalue weighted by Gasteiger charge is 2.20. The van der Waals surface area contributed by atoms with Crippen LogP contribution in [0, 0.1) is 24.2 Å². The van der Waals surface area contributed by atoms with Crippen LogP contribution in [0.5, 0.6) is 0 Å². The molecule has 0 fully saturated rings. The summed E-state index contributed by atoms with van der Waals surface area (Å²) in [6.45, 7) is 1.81. The Morgan fingerprint density at radius 2 is 2.43 bits per heavy atom. The minimum atomic E-state index is -0.787. The van der Waals surface area contributed by atoms with Crippen LogP contribution in [0.2, 0.25) is 0 Å². The summed E-state index contributed by atoms with van der Waals surface area (Å²) < 4.78 is 9.73. The molecule has 0 aromatic carbocycles. The molecule has 0 spiro atoms. The van der Waals surface area contributed by atoms with Crippen molar-refractivity contribution in [2.75, 3.05) is 7.11 Å². The zero-order chi connectivity index (χ0) is 10.6. The van der Waals surface area contributed by atoms with Gasteiger partial charge in [0.15, 0.2) is 5.92 Å². The van der Waals surface area contributed by atoms with Crippen molar-refractivity contribution in [2.45, 2.75) is 13.3 Å². The highest BCUT2D eigenvalue weighted by molar-refractivity contribution is 5.75. The molecule has 0 saturated heterocycles. The van der Waals surface area contributed by atoms with Crippen LogP contribution in [0.4, 0.5) is 0 Å². The number of nitriles is 1. The van der Waals surface area contributed by atoms with E-state index in [0.29, 0.717) is 5.76 Å². The molecule has 1 rings (SSSR count). The second kappa shape index (κ2) is 4.47. The molecule has 0 aliphatic carbocycles. The Morgan fingerprint density at radius 3 is 2.86 bits per heavy atom. The molecule has 0 aliphatic rings. The molecule has 0 saturated carbocycles. The van der Waals surface area contributed by atoms with Crippen LogP contribution in [-0.2, 0) is 16.0 Å². The molecule has 0 amide bonds. The molecule has 0 radical (unpaired) electrons. The van der Waals surface area contributed by atoms with Gasteiger partial charge in [-0.25, -0.2) is 0 Å². The maximum Gasteiger partial charge on any atom is 0.323 e. The molecule has 1 atom stereocenters. The fourth-order valence-electron chi connectivity index (χ4n) is 1.12. The summed E-state index contributed by atoms with van der Waals surface area (Å²) >= 11 is 0. The Bertz CT molecular complexity index is 362. The number of carbonyl (C=O) groups excluding carboxylic acids is 1. The van der Waals surface area contributed by atoms with Gasteiger partial charge in [0.1, 0.15) is 11.5 Å². The van der Waals surface area contributed by atoms with Gasteiger partial charge >= 0.3 is 5.97 Å². The second-order valence-electron chi connectivity index (χ2n) is 2.92. The third-order valence-corrected chi connectivity index (χ3v) is 1.84. The minimum absolute atomic E-state index is 0.261. The first kappa shape index (κ1) is 10.3. The van der Waals surface area contributed by atoms with E-state index in [9.17, 15) is 4.79 Å². The predicted octanol–water partition coefficient (Wildman–Crippen LogP) is 1.44. The molecule has 14 heavy (non-hydrogen) atoms. The number of nitrogens with zero attached hydrogens (tertiary/aromatic N) is 1. The summed E-state index contributed by atoms with van der Waals surface area (Å²) in [5.74, 6) is 0.0770. The molecule has 1 heterocycles. The maximum atomic E-state index is 11.1. The minimum Gasteiger partial charge on any atom is -0.468 e. The summed E-state index contributed by atoms with van der Waals surface area (Å²) in [4.78, 5) is 11.1. The Balaban J connectivity index is 2.67. The number of hydrogen-bond acceptors (Lipinski definition) is 4. The van der Waals surface area contributed by atoms with Crippen LogP contribution in [0.25, 0.3) is 0 Å². The van der Waals surface area contributed by atoms with E-state index < -0.39 is 11.9 Å². The Labute approximate surface area is 82.1 Å². The molecule has 1 unspecified atom stereocenters. The number of furan rings is 1. The number of esters is 1. The summed E-state index contributed by atoms with van der Waals surface area (Å²) in [6, 6.07) is 5.42. The summed E-state index contributed by atoms with van der Waals surface area (Å²) in [5, 5.41) is 8.70. The largest absolute Gasteiger partial charge is 0.468 e. The SMILES string of the molecule is COC(=O)C(C#N)Cc1ccc(C)o1. The zero-order valence-electron chi connectivity index (χ0n) is 8.11. The van der Waals surface area contributed by atoms with Crippen LogP contribution in [0.3, 0.4) is 0 Å². The van der Waals surface area contributed by atoms with Gasteiger partial charge < -0.3 is 9.15 Å². The highest BCUT2D eigenvalue weighted by atomic mass is 16.5. The normalized spacial score (nSPS) is 11.8. The lowest BCUT2D eigenvalue weighted by Gasteiger charge is -2.03. The lowest BCUT2D eigenvalue weighted by atomic mass is 10.1. The van der Waals surface area contributed by atoms with E-state index in [4.69, 9.17) is 9.68 Å². The maximum absolute atomic E-state index is 11.1. The third kappa shape index (κ3) is 2.36. The zero-order valence-corrected chi connectivity index (χ0v) is 8.11. The van der Waals surface area contributed by atoms with E-state index in [1.165, 1.54) is 7.11 Å². The quantitative estimate of drug-likeness (QED) is 0.681. The van der Waals surface area contributed by atoms with Crippen LogP contribution >= 0.6 is 0 Å². The molecular weight excluding hydrogens is 182 g/mol. The number of rotatable bonds is 3. The van der Waals surface area contributed by atoms with Gasteiger partial charge in [0.25, 0.3) is 0 Å². The van der Waals surface area contributed by atoms with E-state index in [1.807, 2.05) is 13.0 Å². The second-order valence-corrected chi connectivity index (χ2v) is 2.92. The van der Waals surface area contributed by atoms with Crippen molar-refractivity contribution in [1.29, 1.82) is 5.26 Å². The number of aryl methyl sites for hydroxylation is 1. The summed E-state index contributed by atoms with van der Waals surface area (Å²) in [6.07, 6.45) is 0.261. The van der Waals surface area contributed by atoms with Crippen molar-refractivity contribution in [1.82, 2.24) is 0 Å². The average molecular weight is 193 g/mol. The molecule has 4 heteroatoms.